The standard InChI is InChI=1S/C14H23N3O/c1-3-5-12-13(15-8-4-2)16-10-17-14(12)18-9-11-6-7-11/h10-11H,3-9H2,1-2H3,(H,15,16,17). The number of nitrogens with zero attached hydrogens (tertiary/aromatic N) is 2. The first-order valence-corrected chi connectivity index (χ1v) is 7.05. The van der Waals surface area contributed by atoms with E-state index in [4.69, 9.17) is 4.74 Å². The van der Waals surface area contributed by atoms with Gasteiger partial charge < -0.3 is 10.1 Å². The average molecular weight is 249 g/mol. The largest absolute Gasteiger partial charge is 0.477 e. The van der Waals surface area contributed by atoms with Crippen molar-refractivity contribution in [2.45, 2.75) is 46.0 Å². The Labute approximate surface area is 109 Å². The summed E-state index contributed by atoms with van der Waals surface area (Å²) in [5, 5.41) is 3.36. The third-order valence-corrected chi connectivity index (χ3v) is 3.10. The fraction of sp³-hybridized carbons (Fsp3) is 0.714. The summed E-state index contributed by atoms with van der Waals surface area (Å²) >= 11 is 0. The molecule has 1 aromatic rings. The zero-order chi connectivity index (χ0) is 12.8. The molecular formula is C14H23N3O. The summed E-state index contributed by atoms with van der Waals surface area (Å²) in [4.78, 5) is 8.63. The summed E-state index contributed by atoms with van der Waals surface area (Å²) in [5.74, 6) is 2.47. The monoisotopic (exact) mass is 249 g/mol. The van der Waals surface area contributed by atoms with Gasteiger partial charge in [0.05, 0.1) is 12.2 Å². The highest BCUT2D eigenvalue weighted by Crippen LogP contribution is 2.31. The Morgan fingerprint density at radius 1 is 1.28 bits per heavy atom. The third-order valence-electron chi connectivity index (χ3n) is 3.10. The van der Waals surface area contributed by atoms with Gasteiger partial charge in [-0.1, -0.05) is 20.3 Å². The smallest absolute Gasteiger partial charge is 0.221 e. The number of aromatic nitrogens is 2. The first kappa shape index (κ1) is 13.1. The molecule has 1 saturated carbocycles. The molecule has 1 N–H and O–H groups in total. The van der Waals surface area contributed by atoms with E-state index in [0.717, 1.165) is 55.6 Å². The van der Waals surface area contributed by atoms with Crippen LogP contribution in [0.25, 0.3) is 0 Å². The Balaban J connectivity index is 2.08. The van der Waals surface area contributed by atoms with Gasteiger partial charge in [-0.3, -0.25) is 0 Å². The van der Waals surface area contributed by atoms with Crippen LogP contribution < -0.4 is 10.1 Å². The minimum absolute atomic E-state index is 0.751. The summed E-state index contributed by atoms with van der Waals surface area (Å²) < 4.78 is 5.84. The highest BCUT2D eigenvalue weighted by molar-refractivity contribution is 5.48. The van der Waals surface area contributed by atoms with Crippen LogP contribution in [-0.2, 0) is 6.42 Å². The van der Waals surface area contributed by atoms with Crippen molar-refractivity contribution < 1.29 is 4.74 Å². The fourth-order valence-electron chi connectivity index (χ4n) is 1.87. The van der Waals surface area contributed by atoms with Crippen molar-refractivity contribution in [3.05, 3.63) is 11.9 Å². The second-order valence-electron chi connectivity index (χ2n) is 4.94. The first-order chi connectivity index (χ1) is 8.85. The maximum Gasteiger partial charge on any atom is 0.221 e. The molecule has 0 aliphatic heterocycles. The molecule has 1 heterocycles. The minimum Gasteiger partial charge on any atom is -0.477 e. The SMILES string of the molecule is CCCNc1ncnc(OCC2CC2)c1CCC. The van der Waals surface area contributed by atoms with Crippen molar-refractivity contribution in [3.8, 4) is 5.88 Å². The lowest BCUT2D eigenvalue weighted by Crippen LogP contribution is -2.10. The number of anilines is 1. The minimum atomic E-state index is 0.751. The van der Waals surface area contributed by atoms with Crippen LogP contribution in [0.15, 0.2) is 6.33 Å². The molecule has 1 aliphatic carbocycles. The molecule has 0 radical (unpaired) electrons. The highest BCUT2D eigenvalue weighted by Gasteiger charge is 2.23. The van der Waals surface area contributed by atoms with Crippen molar-refractivity contribution in [1.29, 1.82) is 0 Å². The van der Waals surface area contributed by atoms with Gasteiger partial charge in [0.25, 0.3) is 0 Å². The van der Waals surface area contributed by atoms with E-state index in [0.29, 0.717) is 0 Å². The quantitative estimate of drug-likeness (QED) is 0.769. The molecule has 4 heteroatoms. The predicted molar refractivity (Wildman–Crippen MR) is 73.0 cm³/mol. The molecule has 100 valence electrons. The van der Waals surface area contributed by atoms with Crippen LogP contribution in [0, 0.1) is 5.92 Å². The van der Waals surface area contributed by atoms with E-state index in [1.165, 1.54) is 12.8 Å². The lowest BCUT2D eigenvalue weighted by molar-refractivity contribution is 0.285. The van der Waals surface area contributed by atoms with E-state index < -0.39 is 0 Å². The number of hydrogen-bond acceptors (Lipinski definition) is 4. The van der Waals surface area contributed by atoms with Gasteiger partial charge >= 0.3 is 0 Å². The molecule has 1 aromatic heterocycles. The summed E-state index contributed by atoms with van der Waals surface area (Å²) in [6.45, 7) is 6.07. The second kappa shape index (κ2) is 6.57. The summed E-state index contributed by atoms with van der Waals surface area (Å²) in [6, 6.07) is 0. The van der Waals surface area contributed by atoms with Gasteiger partial charge in [-0.15, -0.1) is 0 Å². The van der Waals surface area contributed by atoms with Gasteiger partial charge in [-0.05, 0) is 31.6 Å². The van der Waals surface area contributed by atoms with Crippen molar-refractivity contribution in [2.24, 2.45) is 5.92 Å². The van der Waals surface area contributed by atoms with Crippen molar-refractivity contribution in [1.82, 2.24) is 9.97 Å². The molecule has 0 bridgehead atoms. The van der Waals surface area contributed by atoms with Gasteiger partial charge in [-0.2, -0.15) is 0 Å². The molecule has 18 heavy (non-hydrogen) atoms. The van der Waals surface area contributed by atoms with Gasteiger partial charge in [0.1, 0.15) is 12.1 Å². The molecule has 1 aliphatic rings. The van der Waals surface area contributed by atoms with Crippen LogP contribution in [0.3, 0.4) is 0 Å². The Morgan fingerprint density at radius 3 is 2.78 bits per heavy atom. The van der Waals surface area contributed by atoms with Crippen LogP contribution in [0.1, 0.15) is 45.1 Å². The van der Waals surface area contributed by atoms with E-state index in [2.05, 4.69) is 29.1 Å². The maximum atomic E-state index is 5.84. The first-order valence-electron chi connectivity index (χ1n) is 7.05. The van der Waals surface area contributed by atoms with E-state index in [9.17, 15) is 0 Å². The Morgan fingerprint density at radius 2 is 2.11 bits per heavy atom. The van der Waals surface area contributed by atoms with Crippen LogP contribution in [-0.4, -0.2) is 23.1 Å². The van der Waals surface area contributed by atoms with Gasteiger partial charge in [0, 0.05) is 6.54 Å². The second-order valence-corrected chi connectivity index (χ2v) is 4.94. The Kier molecular flexibility index (Phi) is 4.79. The van der Waals surface area contributed by atoms with Crippen molar-refractivity contribution in [2.75, 3.05) is 18.5 Å². The van der Waals surface area contributed by atoms with Crippen molar-refractivity contribution >= 4 is 5.82 Å². The topological polar surface area (TPSA) is 47.0 Å². The van der Waals surface area contributed by atoms with Crippen LogP contribution in [0.4, 0.5) is 5.82 Å². The lowest BCUT2D eigenvalue weighted by Gasteiger charge is -2.14. The molecule has 2 rings (SSSR count). The molecule has 0 unspecified atom stereocenters. The fourth-order valence-corrected chi connectivity index (χ4v) is 1.87. The molecule has 1 fully saturated rings. The van der Waals surface area contributed by atoms with E-state index in [1.54, 1.807) is 6.33 Å². The number of rotatable bonds is 8. The van der Waals surface area contributed by atoms with Crippen LogP contribution in [0.2, 0.25) is 0 Å². The normalized spacial score (nSPS) is 14.6. The molecular weight excluding hydrogens is 226 g/mol. The number of ether oxygens (including phenoxy) is 1. The molecule has 0 aromatic carbocycles. The molecule has 4 nitrogen and oxygen atoms in total. The molecule has 0 atom stereocenters. The average Bonchev–Trinajstić information content (AvgIpc) is 3.20. The zero-order valence-corrected chi connectivity index (χ0v) is 11.4. The van der Waals surface area contributed by atoms with Gasteiger partial charge in [0.15, 0.2) is 0 Å². The lowest BCUT2D eigenvalue weighted by atomic mass is 10.1. The van der Waals surface area contributed by atoms with Gasteiger partial charge in [-0.25, -0.2) is 9.97 Å². The Bertz CT molecular complexity index is 377. The number of nitrogens with one attached hydrogen (secondary N) is 1. The van der Waals surface area contributed by atoms with E-state index in [1.807, 2.05) is 0 Å². The van der Waals surface area contributed by atoms with Crippen molar-refractivity contribution in [3.63, 3.8) is 0 Å². The molecule has 0 amide bonds. The van der Waals surface area contributed by atoms with Gasteiger partial charge in [0.2, 0.25) is 5.88 Å². The maximum absolute atomic E-state index is 5.84. The predicted octanol–water partition coefficient (Wildman–Crippen LogP) is 3.04. The number of hydrogen-bond donors (Lipinski definition) is 1. The van der Waals surface area contributed by atoms with Crippen LogP contribution >= 0.6 is 0 Å². The summed E-state index contributed by atoms with van der Waals surface area (Å²) in [6.07, 6.45) is 7.33. The summed E-state index contributed by atoms with van der Waals surface area (Å²) in [7, 11) is 0. The van der Waals surface area contributed by atoms with E-state index >= 15 is 0 Å². The molecule has 0 saturated heterocycles. The zero-order valence-electron chi connectivity index (χ0n) is 11.4. The summed E-state index contributed by atoms with van der Waals surface area (Å²) in [5.41, 5.74) is 1.13. The van der Waals surface area contributed by atoms with Crippen LogP contribution in [0.5, 0.6) is 5.88 Å². The highest BCUT2D eigenvalue weighted by atomic mass is 16.5. The van der Waals surface area contributed by atoms with E-state index in [-0.39, 0.29) is 0 Å². The molecule has 0 spiro atoms. The Hall–Kier alpha value is -1.32. The third kappa shape index (κ3) is 3.59.